The Morgan fingerprint density at radius 2 is 1.62 bits per heavy atom. The van der Waals surface area contributed by atoms with Crippen LogP contribution in [0.3, 0.4) is 0 Å². The average molecular weight is 301 g/mol. The van der Waals surface area contributed by atoms with E-state index < -0.39 is 16.1 Å². The molecule has 2 aromatic carbocycles. The minimum atomic E-state index is -3.51. The summed E-state index contributed by atoms with van der Waals surface area (Å²) in [5.74, 6) is 0. The fraction of sp³-hybridized carbons (Fsp3) is 0.125. The van der Waals surface area contributed by atoms with Crippen molar-refractivity contribution >= 4 is 20.9 Å². The molecule has 0 bridgehead atoms. The number of aliphatic hydroxyl groups excluding tert-OH is 1. The average Bonchev–Trinajstić information content (AvgIpc) is 2.86. The Labute approximate surface area is 123 Å². The lowest BCUT2D eigenvalue weighted by Crippen LogP contribution is -2.16. The maximum absolute atomic E-state index is 12.1. The van der Waals surface area contributed by atoms with Crippen molar-refractivity contribution in [2.75, 3.05) is 6.26 Å². The van der Waals surface area contributed by atoms with Crippen LogP contribution in [0.15, 0.2) is 60.7 Å². The van der Waals surface area contributed by atoms with Gasteiger partial charge in [-0.25, -0.2) is 12.4 Å². The fourth-order valence-corrected chi connectivity index (χ4v) is 3.58. The summed E-state index contributed by atoms with van der Waals surface area (Å²) in [5.41, 5.74) is 1.58. The summed E-state index contributed by atoms with van der Waals surface area (Å²) in [4.78, 5) is 0. The van der Waals surface area contributed by atoms with Crippen molar-refractivity contribution in [3.05, 3.63) is 71.9 Å². The predicted octanol–water partition coefficient (Wildman–Crippen LogP) is 2.53. The molecular formula is C16H15NO3S. The molecule has 0 unspecified atom stereocenters. The van der Waals surface area contributed by atoms with Crippen LogP contribution in [-0.4, -0.2) is 23.8 Å². The van der Waals surface area contributed by atoms with Gasteiger partial charge in [0.25, 0.3) is 0 Å². The highest BCUT2D eigenvalue weighted by Gasteiger charge is 2.22. The van der Waals surface area contributed by atoms with Gasteiger partial charge in [-0.05, 0) is 17.7 Å². The van der Waals surface area contributed by atoms with Crippen LogP contribution in [0.4, 0.5) is 0 Å². The van der Waals surface area contributed by atoms with E-state index in [4.69, 9.17) is 0 Å². The summed E-state index contributed by atoms with van der Waals surface area (Å²) >= 11 is 0. The molecule has 5 heteroatoms. The van der Waals surface area contributed by atoms with Crippen molar-refractivity contribution in [2.24, 2.45) is 0 Å². The van der Waals surface area contributed by atoms with Crippen molar-refractivity contribution in [3.8, 4) is 0 Å². The van der Waals surface area contributed by atoms with E-state index in [9.17, 15) is 13.5 Å². The fourth-order valence-electron chi connectivity index (χ4n) is 2.52. The van der Waals surface area contributed by atoms with E-state index in [2.05, 4.69) is 0 Å². The Balaban J connectivity index is 2.28. The van der Waals surface area contributed by atoms with Crippen molar-refractivity contribution in [3.63, 3.8) is 0 Å². The Morgan fingerprint density at radius 3 is 2.29 bits per heavy atom. The van der Waals surface area contributed by atoms with E-state index >= 15 is 0 Å². The van der Waals surface area contributed by atoms with Crippen molar-refractivity contribution in [2.45, 2.75) is 6.10 Å². The second kappa shape index (κ2) is 5.02. The maximum atomic E-state index is 12.1. The lowest BCUT2D eigenvalue weighted by molar-refractivity contribution is 0.214. The molecule has 0 aliphatic rings. The summed E-state index contributed by atoms with van der Waals surface area (Å²) < 4.78 is 25.4. The van der Waals surface area contributed by atoms with Gasteiger partial charge in [0.1, 0.15) is 6.10 Å². The highest BCUT2D eigenvalue weighted by atomic mass is 32.2. The van der Waals surface area contributed by atoms with Crippen LogP contribution in [0, 0.1) is 0 Å². The quantitative estimate of drug-likeness (QED) is 0.808. The zero-order valence-electron chi connectivity index (χ0n) is 11.5. The standard InChI is InChI=1S/C16H15NO3S/c1-21(19,20)17-14-10-6-5-9-13(14)11-15(17)16(18)12-7-3-2-4-8-12/h2-11,16,18H,1H3/t16-/m1/s1. The number of benzene rings is 2. The van der Waals surface area contributed by atoms with Gasteiger partial charge in [0.05, 0.1) is 17.5 Å². The summed E-state index contributed by atoms with van der Waals surface area (Å²) in [6.07, 6.45) is 0.147. The highest BCUT2D eigenvalue weighted by molar-refractivity contribution is 7.89. The highest BCUT2D eigenvalue weighted by Crippen LogP contribution is 2.29. The van der Waals surface area contributed by atoms with E-state index in [1.807, 2.05) is 30.3 Å². The molecule has 1 aromatic heterocycles. The molecule has 0 aliphatic heterocycles. The van der Waals surface area contributed by atoms with Gasteiger partial charge in [-0.15, -0.1) is 0 Å². The molecule has 0 amide bonds. The van der Waals surface area contributed by atoms with Crippen molar-refractivity contribution in [1.29, 1.82) is 0 Å². The first kappa shape index (κ1) is 13.9. The van der Waals surface area contributed by atoms with Crippen LogP contribution in [-0.2, 0) is 10.0 Å². The van der Waals surface area contributed by atoms with E-state index in [1.54, 1.807) is 30.3 Å². The molecule has 0 spiro atoms. The van der Waals surface area contributed by atoms with Gasteiger partial charge in [-0.2, -0.15) is 0 Å². The number of para-hydroxylation sites is 1. The number of hydrogen-bond donors (Lipinski definition) is 1. The molecule has 21 heavy (non-hydrogen) atoms. The molecule has 1 heterocycles. The number of nitrogens with zero attached hydrogens (tertiary/aromatic N) is 1. The molecule has 1 N–H and O–H groups in total. The summed E-state index contributed by atoms with van der Waals surface area (Å²) in [6, 6.07) is 17.9. The summed E-state index contributed by atoms with van der Waals surface area (Å²) in [6.45, 7) is 0. The molecular weight excluding hydrogens is 286 g/mol. The Kier molecular flexibility index (Phi) is 3.31. The van der Waals surface area contributed by atoms with Crippen LogP contribution < -0.4 is 0 Å². The van der Waals surface area contributed by atoms with Crippen LogP contribution in [0.25, 0.3) is 10.9 Å². The van der Waals surface area contributed by atoms with Crippen LogP contribution in [0.5, 0.6) is 0 Å². The van der Waals surface area contributed by atoms with Gasteiger partial charge in [-0.1, -0.05) is 48.5 Å². The maximum Gasteiger partial charge on any atom is 0.236 e. The third-order valence-electron chi connectivity index (χ3n) is 3.42. The van der Waals surface area contributed by atoms with E-state index in [-0.39, 0.29) is 0 Å². The number of aliphatic hydroxyl groups is 1. The third kappa shape index (κ3) is 2.46. The molecule has 1 atom stereocenters. The van der Waals surface area contributed by atoms with Gasteiger partial charge in [-0.3, -0.25) is 0 Å². The molecule has 0 saturated heterocycles. The zero-order valence-corrected chi connectivity index (χ0v) is 12.3. The van der Waals surface area contributed by atoms with Gasteiger partial charge < -0.3 is 5.11 Å². The number of fused-ring (bicyclic) bond motifs is 1. The number of aromatic nitrogens is 1. The van der Waals surface area contributed by atoms with Crippen LogP contribution in [0.1, 0.15) is 17.4 Å². The van der Waals surface area contributed by atoms with Crippen molar-refractivity contribution in [1.82, 2.24) is 3.97 Å². The van der Waals surface area contributed by atoms with Crippen LogP contribution in [0.2, 0.25) is 0 Å². The second-order valence-electron chi connectivity index (χ2n) is 4.97. The normalized spacial score (nSPS) is 13.4. The largest absolute Gasteiger partial charge is 0.382 e. The van der Waals surface area contributed by atoms with E-state index in [0.29, 0.717) is 16.8 Å². The number of hydrogen-bond acceptors (Lipinski definition) is 3. The first-order valence-corrected chi connectivity index (χ1v) is 8.37. The molecule has 3 rings (SSSR count). The smallest absolute Gasteiger partial charge is 0.236 e. The van der Waals surface area contributed by atoms with Crippen LogP contribution >= 0.6 is 0 Å². The topological polar surface area (TPSA) is 59.3 Å². The molecule has 3 aromatic rings. The molecule has 4 nitrogen and oxygen atoms in total. The van der Waals surface area contributed by atoms with Gasteiger partial charge >= 0.3 is 0 Å². The lowest BCUT2D eigenvalue weighted by atomic mass is 10.1. The number of rotatable bonds is 3. The Hall–Kier alpha value is -2.11. The third-order valence-corrected chi connectivity index (χ3v) is 4.49. The van der Waals surface area contributed by atoms with Gasteiger partial charge in [0.2, 0.25) is 10.0 Å². The Bertz CT molecular complexity index is 882. The summed E-state index contributed by atoms with van der Waals surface area (Å²) in [5, 5.41) is 11.3. The summed E-state index contributed by atoms with van der Waals surface area (Å²) in [7, 11) is -3.51. The Morgan fingerprint density at radius 1 is 1.00 bits per heavy atom. The first-order chi connectivity index (χ1) is 9.98. The second-order valence-corrected chi connectivity index (χ2v) is 6.80. The minimum absolute atomic E-state index is 0.352. The molecule has 0 saturated carbocycles. The monoisotopic (exact) mass is 301 g/mol. The zero-order chi connectivity index (χ0) is 15.0. The van der Waals surface area contributed by atoms with E-state index in [1.165, 1.54) is 3.97 Å². The van der Waals surface area contributed by atoms with Crippen molar-refractivity contribution < 1.29 is 13.5 Å². The van der Waals surface area contributed by atoms with Gasteiger partial charge in [0.15, 0.2) is 0 Å². The molecule has 0 fully saturated rings. The van der Waals surface area contributed by atoms with E-state index in [0.717, 1.165) is 11.6 Å². The molecule has 108 valence electrons. The minimum Gasteiger partial charge on any atom is -0.382 e. The molecule has 0 radical (unpaired) electrons. The predicted molar refractivity (Wildman–Crippen MR) is 82.7 cm³/mol. The molecule has 0 aliphatic carbocycles. The lowest BCUT2D eigenvalue weighted by Gasteiger charge is -2.14. The SMILES string of the molecule is CS(=O)(=O)n1c([C@H](O)c2ccccc2)cc2ccccc21. The van der Waals surface area contributed by atoms with Gasteiger partial charge in [0, 0.05) is 5.39 Å². The first-order valence-electron chi connectivity index (χ1n) is 6.52.